The first-order valence-electron chi connectivity index (χ1n) is 3.87. The van der Waals surface area contributed by atoms with Crippen LogP contribution in [0.15, 0.2) is 0 Å². The van der Waals surface area contributed by atoms with Crippen LogP contribution in [0.4, 0.5) is 0 Å². The van der Waals surface area contributed by atoms with Crippen molar-refractivity contribution in [1.29, 1.82) is 0 Å². The van der Waals surface area contributed by atoms with E-state index in [4.69, 9.17) is 4.74 Å². The molecule has 0 N–H and O–H groups in total. The molecule has 1 aliphatic rings. The zero-order chi connectivity index (χ0) is 8.32. The van der Waals surface area contributed by atoms with Crippen LogP contribution in [0.3, 0.4) is 0 Å². The van der Waals surface area contributed by atoms with Gasteiger partial charge in [0.25, 0.3) is 0 Å². The molecule has 0 aliphatic carbocycles. The standard InChI is InChI=1S/C8H14O3/c1-3-8(5-11-6-8)4-7(9)10-2/h3-6H2,1-2H3. The molecule has 1 aliphatic heterocycles. The second kappa shape index (κ2) is 3.22. The summed E-state index contributed by atoms with van der Waals surface area (Å²) in [6.07, 6.45) is 1.49. The normalized spacial score (nSPS) is 20.5. The minimum absolute atomic E-state index is 0.0904. The van der Waals surface area contributed by atoms with Crippen LogP contribution in [0.1, 0.15) is 19.8 Å². The van der Waals surface area contributed by atoms with Crippen LogP contribution in [0.25, 0.3) is 0 Å². The summed E-state index contributed by atoms with van der Waals surface area (Å²) in [5.74, 6) is -0.129. The fourth-order valence-corrected chi connectivity index (χ4v) is 1.20. The Morgan fingerprint density at radius 3 is 2.55 bits per heavy atom. The van der Waals surface area contributed by atoms with E-state index in [1.807, 2.05) is 0 Å². The maximum Gasteiger partial charge on any atom is 0.306 e. The van der Waals surface area contributed by atoms with Gasteiger partial charge in [-0.2, -0.15) is 0 Å². The number of carbonyl (C=O) groups is 1. The van der Waals surface area contributed by atoms with Gasteiger partial charge in [0.1, 0.15) is 0 Å². The second-order valence-corrected chi connectivity index (χ2v) is 3.10. The Hall–Kier alpha value is -0.570. The Bertz CT molecular complexity index is 144. The van der Waals surface area contributed by atoms with Crippen molar-refractivity contribution < 1.29 is 14.3 Å². The van der Waals surface area contributed by atoms with E-state index in [-0.39, 0.29) is 11.4 Å². The zero-order valence-electron chi connectivity index (χ0n) is 7.05. The van der Waals surface area contributed by atoms with Gasteiger partial charge in [0.15, 0.2) is 0 Å². The molecule has 0 amide bonds. The lowest BCUT2D eigenvalue weighted by Gasteiger charge is -2.39. The third-order valence-electron chi connectivity index (χ3n) is 2.31. The third kappa shape index (κ3) is 1.71. The van der Waals surface area contributed by atoms with Gasteiger partial charge in [0.05, 0.1) is 26.7 Å². The predicted octanol–water partition coefficient (Wildman–Crippen LogP) is 0.976. The van der Waals surface area contributed by atoms with Crippen molar-refractivity contribution in [3.8, 4) is 0 Å². The maximum absolute atomic E-state index is 10.9. The van der Waals surface area contributed by atoms with Gasteiger partial charge in [-0.15, -0.1) is 0 Å². The van der Waals surface area contributed by atoms with Crippen molar-refractivity contribution in [3.63, 3.8) is 0 Å². The van der Waals surface area contributed by atoms with E-state index in [0.29, 0.717) is 19.6 Å². The van der Waals surface area contributed by atoms with Gasteiger partial charge in [-0.05, 0) is 6.42 Å². The number of ether oxygens (including phenoxy) is 2. The minimum Gasteiger partial charge on any atom is -0.469 e. The Morgan fingerprint density at radius 2 is 2.27 bits per heavy atom. The zero-order valence-corrected chi connectivity index (χ0v) is 7.05. The first kappa shape index (κ1) is 8.53. The van der Waals surface area contributed by atoms with E-state index in [1.54, 1.807) is 0 Å². The quantitative estimate of drug-likeness (QED) is 0.574. The highest BCUT2D eigenvalue weighted by Gasteiger charge is 2.39. The van der Waals surface area contributed by atoms with E-state index < -0.39 is 0 Å². The SMILES string of the molecule is CCC1(CC(=O)OC)COC1. The molecule has 0 radical (unpaired) electrons. The first-order chi connectivity index (χ1) is 5.22. The van der Waals surface area contributed by atoms with Crippen molar-refractivity contribution in [2.24, 2.45) is 5.41 Å². The molecule has 64 valence electrons. The maximum atomic E-state index is 10.9. The molecule has 1 heterocycles. The molecule has 0 spiro atoms. The van der Waals surface area contributed by atoms with Crippen LogP contribution in [0.2, 0.25) is 0 Å². The minimum atomic E-state index is -0.129. The smallest absolute Gasteiger partial charge is 0.306 e. The van der Waals surface area contributed by atoms with Crippen molar-refractivity contribution in [3.05, 3.63) is 0 Å². The largest absolute Gasteiger partial charge is 0.469 e. The highest BCUT2D eigenvalue weighted by Crippen LogP contribution is 2.34. The molecule has 11 heavy (non-hydrogen) atoms. The summed E-state index contributed by atoms with van der Waals surface area (Å²) in [6, 6.07) is 0. The van der Waals surface area contributed by atoms with Crippen LogP contribution in [-0.2, 0) is 14.3 Å². The van der Waals surface area contributed by atoms with Gasteiger partial charge in [-0.25, -0.2) is 0 Å². The van der Waals surface area contributed by atoms with E-state index in [1.165, 1.54) is 7.11 Å². The van der Waals surface area contributed by atoms with Gasteiger partial charge in [0.2, 0.25) is 0 Å². The molecule has 1 rings (SSSR count). The molecule has 1 fully saturated rings. The van der Waals surface area contributed by atoms with E-state index >= 15 is 0 Å². The summed E-state index contributed by atoms with van der Waals surface area (Å²) >= 11 is 0. The lowest BCUT2D eigenvalue weighted by molar-refractivity contribution is -0.160. The van der Waals surface area contributed by atoms with E-state index in [2.05, 4.69) is 11.7 Å². The number of hydrogen-bond acceptors (Lipinski definition) is 3. The molecule has 0 atom stereocenters. The van der Waals surface area contributed by atoms with Crippen molar-refractivity contribution in [2.75, 3.05) is 20.3 Å². The molecule has 3 nitrogen and oxygen atoms in total. The van der Waals surface area contributed by atoms with Gasteiger partial charge in [0, 0.05) is 5.41 Å². The molecule has 0 saturated carbocycles. The number of esters is 1. The molecule has 0 aromatic carbocycles. The molecule has 0 aromatic rings. The molecular formula is C8H14O3. The van der Waals surface area contributed by atoms with Gasteiger partial charge < -0.3 is 9.47 Å². The lowest BCUT2D eigenvalue weighted by atomic mass is 9.80. The summed E-state index contributed by atoms with van der Waals surface area (Å²) in [6.45, 7) is 3.49. The predicted molar refractivity (Wildman–Crippen MR) is 40.2 cm³/mol. The summed E-state index contributed by atoms with van der Waals surface area (Å²) < 4.78 is 9.66. The van der Waals surface area contributed by atoms with E-state index in [9.17, 15) is 4.79 Å². The number of methoxy groups -OCH3 is 1. The second-order valence-electron chi connectivity index (χ2n) is 3.10. The number of hydrogen-bond donors (Lipinski definition) is 0. The fraction of sp³-hybridized carbons (Fsp3) is 0.875. The third-order valence-corrected chi connectivity index (χ3v) is 2.31. The van der Waals surface area contributed by atoms with Gasteiger partial charge in [-0.1, -0.05) is 6.92 Å². The van der Waals surface area contributed by atoms with Gasteiger partial charge in [-0.3, -0.25) is 4.79 Å². The molecule has 0 unspecified atom stereocenters. The van der Waals surface area contributed by atoms with Crippen molar-refractivity contribution in [1.82, 2.24) is 0 Å². The highest BCUT2D eigenvalue weighted by molar-refractivity contribution is 5.70. The van der Waals surface area contributed by atoms with Crippen LogP contribution < -0.4 is 0 Å². The van der Waals surface area contributed by atoms with E-state index in [0.717, 1.165) is 6.42 Å². The highest BCUT2D eigenvalue weighted by atomic mass is 16.5. The molecule has 3 heteroatoms. The average molecular weight is 158 g/mol. The Kier molecular flexibility index (Phi) is 2.49. The van der Waals surface area contributed by atoms with Gasteiger partial charge >= 0.3 is 5.97 Å². The Morgan fingerprint density at radius 1 is 1.64 bits per heavy atom. The van der Waals surface area contributed by atoms with Crippen LogP contribution >= 0.6 is 0 Å². The molecule has 1 saturated heterocycles. The lowest BCUT2D eigenvalue weighted by Crippen LogP contribution is -2.43. The number of rotatable bonds is 3. The summed E-state index contributed by atoms with van der Waals surface area (Å²) in [5.41, 5.74) is 0.0904. The average Bonchev–Trinajstić information content (AvgIpc) is 1.96. The summed E-state index contributed by atoms with van der Waals surface area (Å²) in [4.78, 5) is 10.9. The Balaban J connectivity index is 2.38. The van der Waals surface area contributed by atoms with Crippen molar-refractivity contribution >= 4 is 5.97 Å². The fourth-order valence-electron chi connectivity index (χ4n) is 1.20. The summed E-state index contributed by atoms with van der Waals surface area (Å²) in [5, 5.41) is 0. The topological polar surface area (TPSA) is 35.5 Å². The summed E-state index contributed by atoms with van der Waals surface area (Å²) in [7, 11) is 1.42. The van der Waals surface area contributed by atoms with Crippen LogP contribution in [0.5, 0.6) is 0 Å². The molecule has 0 bridgehead atoms. The van der Waals surface area contributed by atoms with Crippen molar-refractivity contribution in [2.45, 2.75) is 19.8 Å². The monoisotopic (exact) mass is 158 g/mol. The molecule has 0 aromatic heterocycles. The number of carbonyl (C=O) groups excluding carboxylic acids is 1. The first-order valence-corrected chi connectivity index (χ1v) is 3.87. The van der Waals surface area contributed by atoms with Crippen LogP contribution in [0, 0.1) is 5.41 Å². The molecular weight excluding hydrogens is 144 g/mol. The Labute approximate surface area is 66.7 Å². The van der Waals surface area contributed by atoms with Crippen LogP contribution in [-0.4, -0.2) is 26.3 Å².